The second kappa shape index (κ2) is 2.97. The van der Waals surface area contributed by atoms with E-state index in [1.807, 2.05) is 0 Å². The number of aliphatic carboxylic acids is 1. The molecule has 2 N–H and O–H groups in total. The van der Waals surface area contributed by atoms with Crippen LogP contribution in [0.3, 0.4) is 0 Å². The Kier molecular flexibility index (Phi) is 2.01. The van der Waals surface area contributed by atoms with E-state index < -0.39 is 5.97 Å². The van der Waals surface area contributed by atoms with Gasteiger partial charge in [0.1, 0.15) is 5.71 Å². The Balaban J connectivity index is 2.11. The van der Waals surface area contributed by atoms with Gasteiger partial charge in [-0.2, -0.15) is 5.10 Å². The SMILES string of the molecule is CC1(C)CCC2C(C(=O)O)=NNC2C1. The molecule has 4 heteroatoms. The van der Waals surface area contributed by atoms with Crippen LogP contribution in [0.4, 0.5) is 0 Å². The number of rotatable bonds is 1. The number of fused-ring (bicyclic) bond motifs is 1. The van der Waals surface area contributed by atoms with Crippen LogP contribution in [0.1, 0.15) is 33.1 Å². The molecular formula is C10H16N2O2. The monoisotopic (exact) mass is 196 g/mol. The van der Waals surface area contributed by atoms with Crippen LogP contribution in [0.25, 0.3) is 0 Å². The number of carbonyl (C=O) groups is 1. The van der Waals surface area contributed by atoms with Crippen LogP contribution in [0.15, 0.2) is 5.10 Å². The minimum Gasteiger partial charge on any atom is -0.477 e. The number of carboxylic acid groups (broad SMARTS) is 1. The number of hydrogen-bond acceptors (Lipinski definition) is 3. The van der Waals surface area contributed by atoms with Crippen molar-refractivity contribution >= 4 is 11.7 Å². The van der Waals surface area contributed by atoms with Crippen molar-refractivity contribution in [3.63, 3.8) is 0 Å². The minimum absolute atomic E-state index is 0.125. The van der Waals surface area contributed by atoms with Crippen LogP contribution < -0.4 is 5.43 Å². The molecule has 2 aliphatic rings. The predicted molar refractivity (Wildman–Crippen MR) is 53.1 cm³/mol. The molecule has 1 fully saturated rings. The predicted octanol–water partition coefficient (Wildman–Crippen LogP) is 1.23. The van der Waals surface area contributed by atoms with Gasteiger partial charge in [0.25, 0.3) is 0 Å². The van der Waals surface area contributed by atoms with Gasteiger partial charge in [0.05, 0.1) is 6.04 Å². The van der Waals surface area contributed by atoms with Gasteiger partial charge in [0.15, 0.2) is 0 Å². The van der Waals surface area contributed by atoms with E-state index in [2.05, 4.69) is 24.4 Å². The third-order valence-corrected chi connectivity index (χ3v) is 3.31. The Morgan fingerprint density at radius 1 is 1.64 bits per heavy atom. The summed E-state index contributed by atoms with van der Waals surface area (Å²) in [6, 6.07) is 0.241. The first-order chi connectivity index (χ1) is 6.49. The molecule has 1 aliphatic carbocycles. The normalized spacial score (nSPS) is 34.3. The summed E-state index contributed by atoms with van der Waals surface area (Å²) < 4.78 is 0. The third kappa shape index (κ3) is 1.49. The Morgan fingerprint density at radius 2 is 2.36 bits per heavy atom. The first-order valence-corrected chi connectivity index (χ1v) is 5.06. The minimum atomic E-state index is -0.871. The Labute approximate surface area is 83.4 Å². The molecule has 0 aromatic carbocycles. The van der Waals surface area contributed by atoms with E-state index in [4.69, 9.17) is 5.11 Å². The highest BCUT2D eigenvalue weighted by Gasteiger charge is 2.42. The van der Waals surface area contributed by atoms with Gasteiger partial charge < -0.3 is 10.5 Å². The second-order valence-corrected chi connectivity index (χ2v) is 5.05. The molecule has 2 rings (SSSR count). The van der Waals surface area contributed by atoms with Crippen molar-refractivity contribution in [3.8, 4) is 0 Å². The van der Waals surface area contributed by atoms with Gasteiger partial charge in [-0.3, -0.25) is 0 Å². The van der Waals surface area contributed by atoms with E-state index in [1.54, 1.807) is 0 Å². The number of nitrogens with one attached hydrogen (secondary N) is 1. The van der Waals surface area contributed by atoms with Crippen molar-refractivity contribution in [2.45, 2.75) is 39.2 Å². The standard InChI is InChI=1S/C10H16N2O2/c1-10(2)4-3-6-7(5-10)11-12-8(6)9(13)14/h6-7,11H,3-5H2,1-2H3,(H,13,14). The number of nitrogens with zero attached hydrogens (tertiary/aromatic N) is 1. The zero-order valence-electron chi connectivity index (χ0n) is 8.58. The Hall–Kier alpha value is -1.06. The molecule has 0 amide bonds. The lowest BCUT2D eigenvalue weighted by Gasteiger charge is -2.36. The molecule has 0 radical (unpaired) electrons. The molecule has 0 saturated heterocycles. The first kappa shape index (κ1) is 9.49. The molecule has 78 valence electrons. The number of hydrazone groups is 1. The van der Waals surface area contributed by atoms with E-state index in [0.717, 1.165) is 19.3 Å². The number of hydrogen-bond donors (Lipinski definition) is 2. The Bertz CT molecular complexity index is 296. The molecule has 14 heavy (non-hydrogen) atoms. The third-order valence-electron chi connectivity index (χ3n) is 3.31. The van der Waals surface area contributed by atoms with Crippen LogP contribution >= 0.6 is 0 Å². The zero-order chi connectivity index (χ0) is 10.3. The fourth-order valence-electron chi connectivity index (χ4n) is 2.49. The van der Waals surface area contributed by atoms with Crippen molar-refractivity contribution < 1.29 is 9.90 Å². The van der Waals surface area contributed by atoms with Gasteiger partial charge >= 0.3 is 5.97 Å². The summed E-state index contributed by atoms with van der Waals surface area (Å²) >= 11 is 0. The van der Waals surface area contributed by atoms with Crippen molar-refractivity contribution in [1.29, 1.82) is 0 Å². The van der Waals surface area contributed by atoms with Crippen LogP contribution in [0, 0.1) is 11.3 Å². The van der Waals surface area contributed by atoms with E-state index in [9.17, 15) is 4.79 Å². The van der Waals surface area contributed by atoms with E-state index in [1.165, 1.54) is 0 Å². The zero-order valence-corrected chi connectivity index (χ0v) is 8.58. The maximum Gasteiger partial charge on any atom is 0.352 e. The van der Waals surface area contributed by atoms with E-state index in [-0.39, 0.29) is 12.0 Å². The summed E-state index contributed by atoms with van der Waals surface area (Å²) in [4.78, 5) is 10.8. The fraction of sp³-hybridized carbons (Fsp3) is 0.800. The van der Waals surface area contributed by atoms with Gasteiger partial charge in [0.2, 0.25) is 0 Å². The highest BCUT2D eigenvalue weighted by molar-refractivity contribution is 6.37. The maximum absolute atomic E-state index is 10.8. The average molecular weight is 196 g/mol. The van der Waals surface area contributed by atoms with Gasteiger partial charge in [-0.25, -0.2) is 4.79 Å². The van der Waals surface area contributed by atoms with Crippen molar-refractivity contribution in [2.24, 2.45) is 16.4 Å². The van der Waals surface area contributed by atoms with Gasteiger partial charge in [-0.15, -0.1) is 0 Å². The quantitative estimate of drug-likeness (QED) is 0.663. The van der Waals surface area contributed by atoms with E-state index in [0.29, 0.717) is 11.1 Å². The molecule has 0 bridgehead atoms. The number of carboxylic acids is 1. The summed E-state index contributed by atoms with van der Waals surface area (Å²) in [5, 5.41) is 12.8. The largest absolute Gasteiger partial charge is 0.477 e. The molecule has 2 unspecified atom stereocenters. The molecular weight excluding hydrogens is 180 g/mol. The van der Waals surface area contributed by atoms with Crippen molar-refractivity contribution in [1.82, 2.24) is 5.43 Å². The first-order valence-electron chi connectivity index (χ1n) is 5.06. The molecule has 1 aliphatic heterocycles. The van der Waals surface area contributed by atoms with Crippen LogP contribution in [-0.4, -0.2) is 22.8 Å². The summed E-state index contributed by atoms with van der Waals surface area (Å²) in [5.74, 6) is -0.745. The Morgan fingerprint density at radius 3 is 3.00 bits per heavy atom. The van der Waals surface area contributed by atoms with Crippen molar-refractivity contribution in [3.05, 3.63) is 0 Å². The second-order valence-electron chi connectivity index (χ2n) is 5.05. The molecule has 1 saturated carbocycles. The lowest BCUT2D eigenvalue weighted by Crippen LogP contribution is -2.40. The van der Waals surface area contributed by atoms with Gasteiger partial charge in [-0.05, 0) is 24.7 Å². The summed E-state index contributed by atoms with van der Waals surface area (Å²) in [5.41, 5.74) is 3.59. The summed E-state index contributed by atoms with van der Waals surface area (Å²) in [6.07, 6.45) is 3.04. The highest BCUT2D eigenvalue weighted by atomic mass is 16.4. The smallest absolute Gasteiger partial charge is 0.352 e. The highest BCUT2D eigenvalue weighted by Crippen LogP contribution is 2.40. The maximum atomic E-state index is 10.8. The summed E-state index contributed by atoms with van der Waals surface area (Å²) in [6.45, 7) is 4.45. The fourth-order valence-corrected chi connectivity index (χ4v) is 2.49. The van der Waals surface area contributed by atoms with Crippen molar-refractivity contribution in [2.75, 3.05) is 0 Å². The van der Waals surface area contributed by atoms with Crippen LogP contribution in [0.2, 0.25) is 0 Å². The van der Waals surface area contributed by atoms with E-state index >= 15 is 0 Å². The molecule has 0 aromatic rings. The molecule has 1 heterocycles. The topological polar surface area (TPSA) is 61.7 Å². The molecule has 2 atom stereocenters. The lowest BCUT2D eigenvalue weighted by atomic mass is 9.69. The molecule has 0 aromatic heterocycles. The summed E-state index contributed by atoms with van der Waals surface area (Å²) in [7, 11) is 0. The van der Waals surface area contributed by atoms with Crippen LogP contribution in [-0.2, 0) is 4.79 Å². The van der Waals surface area contributed by atoms with Gasteiger partial charge in [-0.1, -0.05) is 13.8 Å². The molecule has 0 spiro atoms. The molecule has 4 nitrogen and oxygen atoms in total. The van der Waals surface area contributed by atoms with Crippen LogP contribution in [0.5, 0.6) is 0 Å². The average Bonchev–Trinajstić information content (AvgIpc) is 2.44. The lowest BCUT2D eigenvalue weighted by molar-refractivity contribution is -0.129. The van der Waals surface area contributed by atoms with Gasteiger partial charge in [0, 0.05) is 5.92 Å².